The lowest BCUT2D eigenvalue weighted by Gasteiger charge is -2.49. The SMILES string of the molecule is COC(=O)C1=C(C(=O)OC)C2(OC3C=Cc4ccccc4N13)C(=O)N(C)C(=O)N(C)C2=O. The molecule has 1 unspecified atom stereocenters. The molecule has 0 radical (unpaired) electrons. The fraction of sp³-hybridized carbons (Fsp3) is 0.286. The maximum absolute atomic E-state index is 13.4. The molecule has 32 heavy (non-hydrogen) atoms. The number of hydrogen-bond donors (Lipinski definition) is 0. The minimum absolute atomic E-state index is 0.398. The van der Waals surface area contributed by atoms with E-state index in [0.717, 1.165) is 28.3 Å². The number of methoxy groups -OCH3 is 2. The number of ether oxygens (including phenoxy) is 3. The lowest BCUT2D eigenvalue weighted by molar-refractivity contribution is -0.179. The molecule has 0 saturated carbocycles. The topological polar surface area (TPSA) is 123 Å². The Morgan fingerprint density at radius 3 is 2.16 bits per heavy atom. The van der Waals surface area contributed by atoms with Gasteiger partial charge >= 0.3 is 18.0 Å². The summed E-state index contributed by atoms with van der Waals surface area (Å²) in [5, 5.41) is 0. The number of amides is 4. The van der Waals surface area contributed by atoms with E-state index in [0.29, 0.717) is 21.1 Å². The minimum Gasteiger partial charge on any atom is -0.465 e. The Kier molecular flexibility index (Phi) is 4.85. The summed E-state index contributed by atoms with van der Waals surface area (Å²) in [7, 11) is 4.41. The zero-order valence-corrected chi connectivity index (χ0v) is 17.6. The zero-order chi connectivity index (χ0) is 23.4. The van der Waals surface area contributed by atoms with Crippen molar-refractivity contribution in [2.45, 2.75) is 11.8 Å². The van der Waals surface area contributed by atoms with Crippen LogP contribution in [-0.4, -0.2) is 79.7 Å². The Hall–Kier alpha value is -3.99. The monoisotopic (exact) mass is 441 g/mol. The molecule has 0 aromatic heterocycles. The molecule has 1 atom stereocenters. The quantitative estimate of drug-likeness (QED) is 0.470. The van der Waals surface area contributed by atoms with E-state index in [1.54, 1.807) is 30.3 Å². The zero-order valence-electron chi connectivity index (χ0n) is 17.6. The molecular weight excluding hydrogens is 422 g/mol. The molecule has 1 fully saturated rings. The number of anilines is 1. The van der Waals surface area contributed by atoms with Crippen molar-refractivity contribution in [3.8, 4) is 0 Å². The third-order valence-corrected chi connectivity index (χ3v) is 5.57. The number of esters is 2. The Morgan fingerprint density at radius 2 is 1.56 bits per heavy atom. The first-order valence-electron chi connectivity index (χ1n) is 9.46. The molecule has 1 aromatic rings. The second-order valence-electron chi connectivity index (χ2n) is 7.20. The number of carbonyl (C=O) groups is 5. The number of urea groups is 1. The molecule has 0 aliphatic carbocycles. The molecule has 0 N–H and O–H groups in total. The predicted octanol–water partition coefficient (Wildman–Crippen LogP) is 0.265. The van der Waals surface area contributed by atoms with Crippen LogP contribution in [0.5, 0.6) is 0 Å². The summed E-state index contributed by atoms with van der Waals surface area (Å²) in [5.41, 5.74) is -2.53. The number of para-hydroxylation sites is 1. The summed E-state index contributed by atoms with van der Waals surface area (Å²) in [6.07, 6.45) is 2.08. The van der Waals surface area contributed by atoms with Gasteiger partial charge in [0.2, 0.25) is 0 Å². The number of likely N-dealkylation sites (N-methyl/N-ethyl adjacent to an activating group) is 2. The Balaban J connectivity index is 2.10. The number of fused-ring (bicyclic) bond motifs is 3. The van der Waals surface area contributed by atoms with E-state index < -0.39 is 52.9 Å². The van der Waals surface area contributed by atoms with Crippen molar-refractivity contribution in [1.29, 1.82) is 0 Å². The molecule has 11 heteroatoms. The fourth-order valence-electron chi connectivity index (χ4n) is 4.04. The Morgan fingerprint density at radius 1 is 0.969 bits per heavy atom. The van der Waals surface area contributed by atoms with Crippen molar-refractivity contribution < 1.29 is 38.2 Å². The van der Waals surface area contributed by atoms with Crippen LogP contribution in [0.1, 0.15) is 5.56 Å². The summed E-state index contributed by atoms with van der Waals surface area (Å²) < 4.78 is 15.8. The van der Waals surface area contributed by atoms with Gasteiger partial charge in [-0.3, -0.25) is 19.4 Å². The standard InChI is InChI=1S/C21H19N3O8/c1-22-18(27)21(19(28)23(2)20(22)29)14(16(25)30-3)15(17(26)31-4)24-12-8-6-5-7-11(12)9-10-13(24)32-21/h5-10,13H,1-4H3. The van der Waals surface area contributed by atoms with Gasteiger partial charge in [-0.25, -0.2) is 14.4 Å². The van der Waals surface area contributed by atoms with Crippen LogP contribution in [-0.2, 0) is 33.4 Å². The molecule has 166 valence electrons. The number of rotatable bonds is 2. The van der Waals surface area contributed by atoms with Gasteiger partial charge in [0.15, 0.2) is 6.23 Å². The smallest absolute Gasteiger partial charge is 0.355 e. The molecule has 1 saturated heterocycles. The highest BCUT2D eigenvalue weighted by atomic mass is 16.6. The molecule has 1 spiro atoms. The van der Waals surface area contributed by atoms with Gasteiger partial charge in [0, 0.05) is 14.1 Å². The highest BCUT2D eigenvalue weighted by Crippen LogP contribution is 2.45. The van der Waals surface area contributed by atoms with Crippen LogP contribution < -0.4 is 4.90 Å². The molecule has 1 aromatic carbocycles. The largest absolute Gasteiger partial charge is 0.465 e. The summed E-state index contributed by atoms with van der Waals surface area (Å²) in [5.74, 6) is -4.40. The molecule has 11 nitrogen and oxygen atoms in total. The highest BCUT2D eigenvalue weighted by Gasteiger charge is 2.66. The van der Waals surface area contributed by atoms with E-state index in [2.05, 4.69) is 0 Å². The van der Waals surface area contributed by atoms with Gasteiger partial charge < -0.3 is 19.1 Å². The van der Waals surface area contributed by atoms with Crippen molar-refractivity contribution >= 4 is 41.5 Å². The summed E-state index contributed by atoms with van der Waals surface area (Å²) in [4.78, 5) is 67.7. The Labute approximate surface area is 182 Å². The average molecular weight is 441 g/mol. The van der Waals surface area contributed by atoms with Crippen molar-refractivity contribution in [3.63, 3.8) is 0 Å². The first-order valence-corrected chi connectivity index (χ1v) is 9.46. The normalized spacial score (nSPS) is 21.6. The van der Waals surface area contributed by atoms with Crippen molar-refractivity contribution in [2.24, 2.45) is 0 Å². The van der Waals surface area contributed by atoms with Crippen molar-refractivity contribution in [3.05, 3.63) is 47.2 Å². The predicted molar refractivity (Wildman–Crippen MR) is 108 cm³/mol. The summed E-state index contributed by atoms with van der Waals surface area (Å²) in [6.45, 7) is 0. The van der Waals surface area contributed by atoms with Gasteiger partial charge in [-0.05, 0) is 17.7 Å². The van der Waals surface area contributed by atoms with Gasteiger partial charge in [-0.15, -0.1) is 0 Å². The van der Waals surface area contributed by atoms with E-state index in [1.807, 2.05) is 0 Å². The lowest BCUT2D eigenvalue weighted by Crippen LogP contribution is -2.73. The number of barbiturate groups is 1. The highest BCUT2D eigenvalue weighted by molar-refractivity contribution is 6.28. The lowest BCUT2D eigenvalue weighted by atomic mass is 9.84. The van der Waals surface area contributed by atoms with E-state index >= 15 is 0 Å². The van der Waals surface area contributed by atoms with E-state index in [9.17, 15) is 24.0 Å². The van der Waals surface area contributed by atoms with E-state index in [-0.39, 0.29) is 0 Å². The minimum atomic E-state index is -2.63. The van der Waals surface area contributed by atoms with Crippen LogP contribution in [0.4, 0.5) is 10.5 Å². The number of hydrogen-bond acceptors (Lipinski definition) is 9. The van der Waals surface area contributed by atoms with Gasteiger partial charge in [0.25, 0.3) is 17.4 Å². The molecule has 3 aliphatic rings. The summed E-state index contributed by atoms with van der Waals surface area (Å²) in [6, 6.07) is 6.03. The van der Waals surface area contributed by atoms with Crippen LogP contribution in [0, 0.1) is 0 Å². The summed E-state index contributed by atoms with van der Waals surface area (Å²) >= 11 is 0. The van der Waals surface area contributed by atoms with Crippen molar-refractivity contribution in [1.82, 2.24) is 9.80 Å². The number of benzene rings is 1. The first-order chi connectivity index (χ1) is 15.2. The number of carbonyl (C=O) groups excluding carboxylic acids is 5. The third kappa shape index (κ3) is 2.61. The van der Waals surface area contributed by atoms with Crippen LogP contribution in [0.2, 0.25) is 0 Å². The van der Waals surface area contributed by atoms with Crippen LogP contribution in [0.3, 0.4) is 0 Å². The average Bonchev–Trinajstić information content (AvgIpc) is 2.83. The van der Waals surface area contributed by atoms with Gasteiger partial charge in [0.1, 0.15) is 11.3 Å². The third-order valence-electron chi connectivity index (χ3n) is 5.57. The number of imide groups is 2. The molecular formula is C21H19N3O8. The molecule has 4 amide bonds. The molecule has 4 rings (SSSR count). The van der Waals surface area contributed by atoms with Gasteiger partial charge in [-0.2, -0.15) is 0 Å². The van der Waals surface area contributed by atoms with E-state index in [1.165, 1.54) is 11.0 Å². The molecule has 3 aliphatic heterocycles. The molecule has 3 heterocycles. The maximum Gasteiger partial charge on any atom is 0.355 e. The van der Waals surface area contributed by atoms with Gasteiger partial charge in [-0.1, -0.05) is 24.3 Å². The van der Waals surface area contributed by atoms with Crippen LogP contribution in [0.25, 0.3) is 6.08 Å². The fourth-order valence-corrected chi connectivity index (χ4v) is 4.04. The first kappa shape index (κ1) is 21.2. The van der Waals surface area contributed by atoms with Crippen LogP contribution >= 0.6 is 0 Å². The van der Waals surface area contributed by atoms with Crippen molar-refractivity contribution in [2.75, 3.05) is 33.2 Å². The van der Waals surface area contributed by atoms with E-state index in [4.69, 9.17) is 14.2 Å². The second kappa shape index (κ2) is 7.31. The van der Waals surface area contributed by atoms with Gasteiger partial charge in [0.05, 0.1) is 19.9 Å². The Bertz CT molecular complexity index is 1110. The molecule has 0 bridgehead atoms. The second-order valence-corrected chi connectivity index (χ2v) is 7.20. The number of nitrogens with zero attached hydrogens (tertiary/aromatic N) is 3. The van der Waals surface area contributed by atoms with Crippen LogP contribution in [0.15, 0.2) is 41.6 Å². The maximum atomic E-state index is 13.4.